The molecule has 1 atom stereocenters. The Kier molecular flexibility index (Phi) is 10.2. The Labute approximate surface area is 137 Å². The van der Waals surface area contributed by atoms with Crippen LogP contribution in [-0.4, -0.2) is 25.1 Å². The second-order valence-electron chi connectivity index (χ2n) is 4.84. The van der Waals surface area contributed by atoms with E-state index in [9.17, 15) is 4.79 Å². The summed E-state index contributed by atoms with van der Waals surface area (Å²) in [5, 5.41) is 3.54. The lowest BCUT2D eigenvalue weighted by Crippen LogP contribution is -2.42. The molecule has 0 spiro atoms. The number of benzene rings is 1. The topological polar surface area (TPSA) is 64.3 Å². The van der Waals surface area contributed by atoms with Gasteiger partial charge in [0.15, 0.2) is 6.61 Å². The first kappa shape index (κ1) is 20.0. The number of nitrogens with two attached hydrogens (primary N) is 1. The molecule has 1 aromatic rings. The van der Waals surface area contributed by atoms with Gasteiger partial charge in [-0.15, -0.1) is 12.4 Å². The third kappa shape index (κ3) is 7.55. The molecule has 1 rings (SSSR count). The number of nitrogens with one attached hydrogen (secondary N) is 1. The van der Waals surface area contributed by atoms with E-state index in [0.717, 1.165) is 24.8 Å². The lowest BCUT2D eigenvalue weighted by atomic mass is 10.1. The molecule has 0 aliphatic rings. The van der Waals surface area contributed by atoms with Crippen molar-refractivity contribution in [3.8, 4) is 5.75 Å². The molecule has 1 aromatic carbocycles. The highest BCUT2D eigenvalue weighted by atomic mass is 35.5. The van der Waals surface area contributed by atoms with Crippen molar-refractivity contribution in [1.82, 2.24) is 5.32 Å². The van der Waals surface area contributed by atoms with Gasteiger partial charge in [-0.3, -0.25) is 4.79 Å². The molecule has 21 heavy (non-hydrogen) atoms. The van der Waals surface area contributed by atoms with Gasteiger partial charge in [0.2, 0.25) is 0 Å². The smallest absolute Gasteiger partial charge is 0.258 e. The number of ether oxygens (including phenoxy) is 1. The van der Waals surface area contributed by atoms with E-state index in [0.29, 0.717) is 17.3 Å². The molecule has 0 bridgehead atoms. The van der Waals surface area contributed by atoms with Crippen LogP contribution in [0.2, 0.25) is 5.02 Å². The Morgan fingerprint density at radius 3 is 2.76 bits per heavy atom. The average molecular weight is 335 g/mol. The highest BCUT2D eigenvalue weighted by Crippen LogP contribution is 2.21. The molecule has 1 unspecified atom stereocenters. The SMILES string of the molecule is CCCCC(CN)NC(=O)COc1ccc(Cl)cc1C.Cl. The monoisotopic (exact) mass is 334 g/mol. The zero-order valence-corrected chi connectivity index (χ0v) is 14.1. The number of unbranched alkanes of at least 4 members (excludes halogenated alkanes) is 1. The first-order valence-corrected chi connectivity index (χ1v) is 7.33. The van der Waals surface area contributed by atoms with Crippen LogP contribution < -0.4 is 15.8 Å². The van der Waals surface area contributed by atoms with Crippen LogP contribution in [0.3, 0.4) is 0 Å². The van der Waals surface area contributed by atoms with Gasteiger partial charge in [-0.25, -0.2) is 0 Å². The molecular formula is C15H24Cl2N2O2. The Balaban J connectivity index is 0.00000400. The summed E-state index contributed by atoms with van der Waals surface area (Å²) in [6.07, 6.45) is 3.05. The molecule has 3 N–H and O–H groups in total. The summed E-state index contributed by atoms with van der Waals surface area (Å²) in [6.45, 7) is 4.45. The number of hydrogen-bond acceptors (Lipinski definition) is 3. The minimum absolute atomic E-state index is 0. The molecule has 6 heteroatoms. The van der Waals surface area contributed by atoms with Gasteiger partial charge in [0.25, 0.3) is 5.91 Å². The summed E-state index contributed by atoms with van der Waals surface area (Å²) in [4.78, 5) is 11.8. The van der Waals surface area contributed by atoms with E-state index in [1.54, 1.807) is 18.2 Å². The van der Waals surface area contributed by atoms with Crippen molar-refractivity contribution in [2.75, 3.05) is 13.2 Å². The highest BCUT2D eigenvalue weighted by Gasteiger charge is 2.11. The minimum Gasteiger partial charge on any atom is -0.484 e. The Morgan fingerprint density at radius 2 is 2.19 bits per heavy atom. The molecule has 0 aromatic heterocycles. The van der Waals surface area contributed by atoms with E-state index in [2.05, 4.69) is 12.2 Å². The number of rotatable bonds is 8. The second-order valence-corrected chi connectivity index (χ2v) is 5.28. The van der Waals surface area contributed by atoms with Crippen LogP contribution in [0.5, 0.6) is 5.75 Å². The molecule has 0 heterocycles. The fourth-order valence-corrected chi connectivity index (χ4v) is 2.11. The molecule has 0 saturated heterocycles. The van der Waals surface area contributed by atoms with Crippen LogP contribution in [0.15, 0.2) is 18.2 Å². The summed E-state index contributed by atoms with van der Waals surface area (Å²) in [7, 11) is 0. The zero-order valence-electron chi connectivity index (χ0n) is 12.5. The third-order valence-electron chi connectivity index (χ3n) is 3.05. The summed E-state index contributed by atoms with van der Waals surface area (Å²) in [6, 6.07) is 5.34. The van der Waals surface area contributed by atoms with E-state index >= 15 is 0 Å². The second kappa shape index (κ2) is 10.7. The van der Waals surface area contributed by atoms with Crippen LogP contribution in [0.4, 0.5) is 0 Å². The lowest BCUT2D eigenvalue weighted by Gasteiger charge is -2.17. The van der Waals surface area contributed by atoms with Gasteiger partial charge in [0.1, 0.15) is 5.75 Å². The Bertz CT molecular complexity index is 442. The molecule has 1 amide bonds. The van der Waals surface area contributed by atoms with Gasteiger partial charge in [0, 0.05) is 17.6 Å². The van der Waals surface area contributed by atoms with E-state index in [1.807, 2.05) is 6.92 Å². The number of aryl methyl sites for hydroxylation is 1. The molecule has 0 fully saturated rings. The van der Waals surface area contributed by atoms with Crippen molar-refractivity contribution in [3.05, 3.63) is 28.8 Å². The normalized spacial score (nSPS) is 11.4. The first-order chi connectivity index (χ1) is 9.56. The predicted molar refractivity (Wildman–Crippen MR) is 89.4 cm³/mol. The van der Waals surface area contributed by atoms with Gasteiger partial charge in [-0.05, 0) is 37.1 Å². The number of carbonyl (C=O) groups excluding carboxylic acids is 1. The maximum atomic E-state index is 11.8. The van der Waals surface area contributed by atoms with Crippen molar-refractivity contribution in [2.45, 2.75) is 39.2 Å². The summed E-state index contributed by atoms with van der Waals surface area (Å²) >= 11 is 5.87. The summed E-state index contributed by atoms with van der Waals surface area (Å²) < 4.78 is 5.49. The highest BCUT2D eigenvalue weighted by molar-refractivity contribution is 6.30. The van der Waals surface area contributed by atoms with Crippen LogP contribution in [-0.2, 0) is 4.79 Å². The quantitative estimate of drug-likeness (QED) is 0.767. The molecular weight excluding hydrogens is 311 g/mol. The van der Waals surface area contributed by atoms with Crippen molar-refractivity contribution in [3.63, 3.8) is 0 Å². The third-order valence-corrected chi connectivity index (χ3v) is 3.29. The van der Waals surface area contributed by atoms with Crippen LogP contribution in [0.25, 0.3) is 0 Å². The van der Waals surface area contributed by atoms with E-state index in [-0.39, 0.29) is 31.0 Å². The van der Waals surface area contributed by atoms with Crippen molar-refractivity contribution in [2.24, 2.45) is 5.73 Å². The first-order valence-electron chi connectivity index (χ1n) is 6.95. The van der Waals surface area contributed by atoms with Crippen LogP contribution >= 0.6 is 24.0 Å². The lowest BCUT2D eigenvalue weighted by molar-refractivity contribution is -0.123. The number of halogens is 2. The minimum atomic E-state index is -0.147. The Hall–Kier alpha value is -0.970. The zero-order chi connectivity index (χ0) is 15.0. The molecule has 0 aliphatic heterocycles. The molecule has 0 saturated carbocycles. The number of amides is 1. The van der Waals surface area contributed by atoms with E-state index < -0.39 is 0 Å². The molecule has 0 aliphatic carbocycles. The maximum Gasteiger partial charge on any atom is 0.258 e. The largest absolute Gasteiger partial charge is 0.484 e. The maximum absolute atomic E-state index is 11.8. The van der Waals surface area contributed by atoms with Gasteiger partial charge in [-0.1, -0.05) is 31.4 Å². The van der Waals surface area contributed by atoms with Gasteiger partial charge in [0.05, 0.1) is 0 Å². The van der Waals surface area contributed by atoms with Crippen LogP contribution in [0, 0.1) is 6.92 Å². The van der Waals surface area contributed by atoms with Gasteiger partial charge in [-0.2, -0.15) is 0 Å². The fraction of sp³-hybridized carbons (Fsp3) is 0.533. The average Bonchev–Trinajstić information content (AvgIpc) is 2.42. The summed E-state index contributed by atoms with van der Waals surface area (Å²) in [5.41, 5.74) is 6.55. The van der Waals surface area contributed by atoms with E-state index in [4.69, 9.17) is 22.1 Å². The standard InChI is InChI=1S/C15H23ClN2O2.ClH/c1-3-4-5-13(9-17)18-15(19)10-20-14-7-6-12(16)8-11(14)2;/h6-8,13H,3-5,9-10,17H2,1-2H3,(H,18,19);1H. The molecule has 120 valence electrons. The van der Waals surface area contributed by atoms with E-state index in [1.165, 1.54) is 0 Å². The summed E-state index contributed by atoms with van der Waals surface area (Å²) in [5.74, 6) is 0.522. The number of hydrogen-bond donors (Lipinski definition) is 2. The van der Waals surface area contributed by atoms with Crippen LogP contribution in [0.1, 0.15) is 31.7 Å². The van der Waals surface area contributed by atoms with Gasteiger partial charge < -0.3 is 15.8 Å². The molecule has 0 radical (unpaired) electrons. The van der Waals surface area contributed by atoms with Gasteiger partial charge >= 0.3 is 0 Å². The molecule has 4 nitrogen and oxygen atoms in total. The van der Waals surface area contributed by atoms with Crippen molar-refractivity contribution < 1.29 is 9.53 Å². The number of carbonyl (C=O) groups is 1. The van der Waals surface area contributed by atoms with Crippen molar-refractivity contribution in [1.29, 1.82) is 0 Å². The Morgan fingerprint density at radius 1 is 1.48 bits per heavy atom. The fourth-order valence-electron chi connectivity index (χ4n) is 1.89. The predicted octanol–water partition coefficient (Wildman–Crippen LogP) is 3.08. The van der Waals surface area contributed by atoms with Crippen molar-refractivity contribution >= 4 is 29.9 Å².